The second kappa shape index (κ2) is 7.89. The molecule has 3 aliphatic rings. The summed E-state index contributed by atoms with van der Waals surface area (Å²) in [6, 6.07) is 11.3. The van der Waals surface area contributed by atoms with Crippen LogP contribution < -0.4 is 4.74 Å². The Balaban J connectivity index is 1.44. The van der Waals surface area contributed by atoms with Crippen LogP contribution in [0, 0.1) is 23.7 Å². The number of amides is 2. The van der Waals surface area contributed by atoms with Crippen LogP contribution in [0.2, 0.25) is 0 Å². The lowest BCUT2D eigenvalue weighted by molar-refractivity contribution is -0.149. The average molecular weight is 432 g/mol. The Kier molecular flexibility index (Phi) is 5.04. The number of esters is 1. The van der Waals surface area contributed by atoms with Crippen molar-refractivity contribution in [3.8, 4) is 5.75 Å². The Bertz CT molecular complexity index is 1140. The molecular formula is C25H24N2O5. The van der Waals surface area contributed by atoms with E-state index in [2.05, 4.69) is 17.3 Å². The Morgan fingerprint density at radius 1 is 1.09 bits per heavy atom. The lowest BCUT2D eigenvalue weighted by Crippen LogP contribution is -2.28. The number of rotatable bonds is 6. The molecule has 2 aromatic carbocycles. The van der Waals surface area contributed by atoms with E-state index < -0.39 is 5.97 Å². The molecule has 2 bridgehead atoms. The second-order valence-corrected chi connectivity index (χ2v) is 8.76. The highest BCUT2D eigenvalue weighted by molar-refractivity contribution is 6.08. The summed E-state index contributed by atoms with van der Waals surface area (Å²) in [5, 5.41) is 7.11. The highest BCUT2D eigenvalue weighted by atomic mass is 16.6. The topological polar surface area (TPSA) is 85.3 Å². The van der Waals surface area contributed by atoms with Crippen LogP contribution in [-0.4, -0.2) is 41.7 Å². The van der Waals surface area contributed by atoms with Crippen LogP contribution in [0.4, 0.5) is 0 Å². The number of hydrogen-bond acceptors (Lipinski definition) is 6. The summed E-state index contributed by atoms with van der Waals surface area (Å²) in [5.41, 5.74) is 0.596. The van der Waals surface area contributed by atoms with Crippen LogP contribution in [0.15, 0.2) is 53.7 Å². The summed E-state index contributed by atoms with van der Waals surface area (Å²) in [4.78, 5) is 37.8. The molecule has 0 N–H and O–H groups in total. The third-order valence-electron chi connectivity index (χ3n) is 6.39. The van der Waals surface area contributed by atoms with Crippen molar-refractivity contribution in [3.05, 3.63) is 54.1 Å². The van der Waals surface area contributed by atoms with Gasteiger partial charge in [0, 0.05) is 5.56 Å². The van der Waals surface area contributed by atoms with Crippen LogP contribution in [0.1, 0.15) is 25.8 Å². The number of hydrazone groups is 1. The highest BCUT2D eigenvalue weighted by Gasteiger charge is 2.59. The van der Waals surface area contributed by atoms with E-state index in [-0.39, 0.29) is 48.2 Å². The molecule has 1 aliphatic heterocycles. The number of nitrogens with zero attached hydrogens (tertiary/aromatic N) is 2. The maximum atomic E-state index is 12.9. The summed E-state index contributed by atoms with van der Waals surface area (Å²) < 4.78 is 10.9. The van der Waals surface area contributed by atoms with Crippen molar-refractivity contribution in [3.63, 3.8) is 0 Å². The first kappa shape index (κ1) is 20.4. The number of allylic oxidation sites excluding steroid dienone is 2. The molecule has 32 heavy (non-hydrogen) atoms. The van der Waals surface area contributed by atoms with E-state index in [0.29, 0.717) is 11.3 Å². The van der Waals surface area contributed by atoms with Gasteiger partial charge in [-0.3, -0.25) is 9.59 Å². The van der Waals surface area contributed by atoms with Gasteiger partial charge in [0.1, 0.15) is 5.75 Å². The van der Waals surface area contributed by atoms with Crippen LogP contribution in [0.5, 0.6) is 5.75 Å². The van der Waals surface area contributed by atoms with Gasteiger partial charge < -0.3 is 9.47 Å². The molecule has 7 nitrogen and oxygen atoms in total. The van der Waals surface area contributed by atoms with Crippen molar-refractivity contribution in [2.45, 2.75) is 26.4 Å². The molecule has 2 aromatic rings. The number of imide groups is 1. The molecule has 1 saturated heterocycles. The lowest BCUT2D eigenvalue weighted by Gasteiger charge is -2.14. The van der Waals surface area contributed by atoms with Gasteiger partial charge in [0.05, 0.1) is 24.2 Å². The number of carbonyl (C=O) groups excluding carboxylic acids is 3. The van der Waals surface area contributed by atoms with Crippen LogP contribution in [0.25, 0.3) is 10.8 Å². The van der Waals surface area contributed by atoms with Gasteiger partial charge in [-0.15, -0.1) is 0 Å². The smallest absolute Gasteiger partial charge is 0.344 e. The highest BCUT2D eigenvalue weighted by Crippen LogP contribution is 2.52. The van der Waals surface area contributed by atoms with E-state index in [1.165, 1.54) is 6.21 Å². The normalized spacial score (nSPS) is 26.0. The number of hydrogen-bond donors (Lipinski definition) is 0. The SMILES string of the molecule is CC(C)OC(=O)COc1ccc2ccccc2c1C=NN1C(=O)[C@@H]2[C@H](C1=O)[C@H]1C=C[C@H]2C1. The maximum Gasteiger partial charge on any atom is 0.344 e. The largest absolute Gasteiger partial charge is 0.481 e. The Morgan fingerprint density at radius 3 is 2.47 bits per heavy atom. The second-order valence-electron chi connectivity index (χ2n) is 8.76. The first-order valence-electron chi connectivity index (χ1n) is 10.9. The van der Waals surface area contributed by atoms with Gasteiger partial charge in [-0.25, -0.2) is 4.79 Å². The molecule has 2 aliphatic carbocycles. The molecule has 5 rings (SSSR count). The van der Waals surface area contributed by atoms with Crippen molar-refractivity contribution in [2.75, 3.05) is 6.61 Å². The number of fused-ring (bicyclic) bond motifs is 6. The van der Waals surface area contributed by atoms with Gasteiger partial charge in [-0.05, 0) is 48.9 Å². The van der Waals surface area contributed by atoms with E-state index in [4.69, 9.17) is 9.47 Å². The van der Waals surface area contributed by atoms with Gasteiger partial charge in [0.25, 0.3) is 11.8 Å². The molecule has 0 unspecified atom stereocenters. The zero-order valence-electron chi connectivity index (χ0n) is 17.9. The molecule has 2 fully saturated rings. The van der Waals surface area contributed by atoms with Gasteiger partial charge in [0.2, 0.25) is 0 Å². The van der Waals surface area contributed by atoms with Crippen molar-refractivity contribution < 1.29 is 23.9 Å². The van der Waals surface area contributed by atoms with Crippen LogP contribution >= 0.6 is 0 Å². The number of benzene rings is 2. The minimum atomic E-state index is -0.475. The molecule has 0 aromatic heterocycles. The van der Waals surface area contributed by atoms with Gasteiger partial charge >= 0.3 is 5.97 Å². The van der Waals surface area contributed by atoms with Crippen molar-refractivity contribution in [1.82, 2.24) is 5.01 Å². The fourth-order valence-corrected chi connectivity index (χ4v) is 5.08. The first-order valence-corrected chi connectivity index (χ1v) is 10.9. The minimum absolute atomic E-state index is 0.130. The fourth-order valence-electron chi connectivity index (χ4n) is 5.08. The summed E-state index contributed by atoms with van der Waals surface area (Å²) in [5.74, 6) is -0.874. The molecule has 2 amide bonds. The first-order chi connectivity index (χ1) is 15.4. The third kappa shape index (κ3) is 3.38. The predicted molar refractivity (Wildman–Crippen MR) is 118 cm³/mol. The van der Waals surface area contributed by atoms with E-state index in [0.717, 1.165) is 22.2 Å². The summed E-state index contributed by atoms with van der Waals surface area (Å²) in [6.07, 6.45) is 6.23. The lowest BCUT2D eigenvalue weighted by atomic mass is 9.85. The van der Waals surface area contributed by atoms with Crippen molar-refractivity contribution in [2.24, 2.45) is 28.8 Å². The summed E-state index contributed by atoms with van der Waals surface area (Å²) in [6.45, 7) is 3.29. The van der Waals surface area contributed by atoms with Crippen molar-refractivity contribution in [1.29, 1.82) is 0 Å². The molecule has 0 radical (unpaired) electrons. The molecule has 4 atom stereocenters. The van der Waals surface area contributed by atoms with Gasteiger partial charge in [-0.1, -0.05) is 42.5 Å². The quantitative estimate of drug-likeness (QED) is 0.303. The third-order valence-corrected chi connectivity index (χ3v) is 6.39. The zero-order valence-corrected chi connectivity index (χ0v) is 17.9. The standard InChI is InChI=1S/C25H24N2O5/c1-14(2)32-21(28)13-31-20-10-9-15-5-3-4-6-18(15)19(20)12-26-27-24(29)22-16-7-8-17(11-16)23(22)25(27)30/h3-10,12,14,16-17,22-23H,11,13H2,1-2H3/t16-,17-,22-,23+/m0/s1. The number of ether oxygens (including phenoxy) is 2. The minimum Gasteiger partial charge on any atom is -0.481 e. The molecule has 1 saturated carbocycles. The van der Waals surface area contributed by atoms with E-state index in [9.17, 15) is 14.4 Å². The zero-order chi connectivity index (χ0) is 22.4. The summed E-state index contributed by atoms with van der Waals surface area (Å²) in [7, 11) is 0. The van der Waals surface area contributed by atoms with Crippen LogP contribution in [-0.2, 0) is 19.1 Å². The number of carbonyl (C=O) groups is 3. The monoisotopic (exact) mass is 432 g/mol. The van der Waals surface area contributed by atoms with Gasteiger partial charge in [-0.2, -0.15) is 10.1 Å². The fraction of sp³-hybridized carbons (Fsp3) is 0.360. The molecule has 1 heterocycles. The van der Waals surface area contributed by atoms with Gasteiger partial charge in [0.15, 0.2) is 6.61 Å². The molecule has 164 valence electrons. The summed E-state index contributed by atoms with van der Waals surface area (Å²) >= 11 is 0. The molecular weight excluding hydrogens is 408 g/mol. The average Bonchev–Trinajstić information content (AvgIpc) is 3.45. The Labute approximate surface area is 185 Å². The van der Waals surface area contributed by atoms with Crippen LogP contribution in [0.3, 0.4) is 0 Å². The predicted octanol–water partition coefficient (Wildman–Crippen LogP) is 3.31. The van der Waals surface area contributed by atoms with E-state index >= 15 is 0 Å². The maximum absolute atomic E-state index is 12.9. The molecule has 0 spiro atoms. The van der Waals surface area contributed by atoms with E-state index in [1.54, 1.807) is 19.9 Å². The Morgan fingerprint density at radius 2 is 1.78 bits per heavy atom. The van der Waals surface area contributed by atoms with Crippen molar-refractivity contribution >= 4 is 34.8 Å². The molecule has 7 heteroatoms. The Hall–Kier alpha value is -3.48. The van der Waals surface area contributed by atoms with E-state index in [1.807, 2.05) is 30.3 Å².